The normalized spacial score (nSPS) is 20.8. The van der Waals surface area contributed by atoms with Crippen LogP contribution in [-0.4, -0.2) is 39.5 Å². The third-order valence-corrected chi connectivity index (χ3v) is 4.39. The third-order valence-electron chi connectivity index (χ3n) is 4.39. The van der Waals surface area contributed by atoms with Gasteiger partial charge in [-0.2, -0.15) is 15.3 Å². The summed E-state index contributed by atoms with van der Waals surface area (Å²) in [5.74, 6) is 0.141. The van der Waals surface area contributed by atoms with Gasteiger partial charge in [0, 0.05) is 30.8 Å². The second-order valence-corrected chi connectivity index (χ2v) is 6.14. The number of nitrogens with one attached hydrogen (secondary N) is 2. The number of hydrogen-bond donors (Lipinski definition) is 2. The summed E-state index contributed by atoms with van der Waals surface area (Å²) in [7, 11) is 0. The number of rotatable bonds is 5. The highest BCUT2D eigenvalue weighted by Crippen LogP contribution is 2.32. The molecule has 0 bridgehead atoms. The van der Waals surface area contributed by atoms with Gasteiger partial charge in [-0.1, -0.05) is 6.92 Å². The molecule has 0 aromatic carbocycles. The molecule has 2 N–H and O–H groups in total. The third kappa shape index (κ3) is 3.62. The van der Waals surface area contributed by atoms with Gasteiger partial charge in [0.2, 0.25) is 0 Å². The van der Waals surface area contributed by atoms with Crippen LogP contribution >= 0.6 is 0 Å². The van der Waals surface area contributed by atoms with Crippen LogP contribution in [0.2, 0.25) is 0 Å². The zero-order valence-corrected chi connectivity index (χ0v) is 14.1. The molecule has 1 amide bonds. The van der Waals surface area contributed by atoms with E-state index in [1.807, 2.05) is 20.0 Å². The summed E-state index contributed by atoms with van der Waals surface area (Å²) in [4.78, 5) is 12.6. The minimum absolute atomic E-state index is 0.0271. The highest BCUT2D eigenvalue weighted by molar-refractivity contribution is 5.95. The molecule has 3 rings (SSSR count). The molecule has 0 unspecified atom stereocenters. The highest BCUT2D eigenvalue weighted by atomic mass is 16.5. The Balaban J connectivity index is 1.68. The van der Waals surface area contributed by atoms with E-state index in [4.69, 9.17) is 4.74 Å². The summed E-state index contributed by atoms with van der Waals surface area (Å²) in [6.45, 7) is 5.13. The SMILES string of the molecule is CCc1nnc(C)cc1C(=O)NC[C@@H]1CCCO[C@H]1c1cn[nH]c1. The van der Waals surface area contributed by atoms with E-state index in [9.17, 15) is 4.79 Å². The van der Waals surface area contributed by atoms with Crippen molar-refractivity contribution >= 4 is 5.91 Å². The molecule has 1 aliphatic heterocycles. The molecule has 24 heavy (non-hydrogen) atoms. The molecule has 0 saturated carbocycles. The Kier molecular flexibility index (Phi) is 5.20. The van der Waals surface area contributed by atoms with E-state index in [-0.39, 0.29) is 17.9 Å². The maximum Gasteiger partial charge on any atom is 0.253 e. The van der Waals surface area contributed by atoms with Crippen molar-refractivity contribution in [1.29, 1.82) is 0 Å². The fourth-order valence-electron chi connectivity index (χ4n) is 3.13. The van der Waals surface area contributed by atoms with Crippen LogP contribution in [0.4, 0.5) is 0 Å². The lowest BCUT2D eigenvalue weighted by Crippen LogP contribution is -2.35. The number of aromatic nitrogens is 4. The molecule has 1 saturated heterocycles. The van der Waals surface area contributed by atoms with Crippen molar-refractivity contribution in [3.63, 3.8) is 0 Å². The van der Waals surface area contributed by atoms with Crippen molar-refractivity contribution in [3.05, 3.63) is 41.0 Å². The Morgan fingerprint density at radius 2 is 2.33 bits per heavy atom. The van der Waals surface area contributed by atoms with Crippen molar-refractivity contribution in [3.8, 4) is 0 Å². The predicted molar refractivity (Wildman–Crippen MR) is 88.5 cm³/mol. The van der Waals surface area contributed by atoms with E-state index in [0.717, 1.165) is 36.4 Å². The summed E-state index contributed by atoms with van der Waals surface area (Å²) in [5.41, 5.74) is 3.12. The number of nitrogens with zero attached hydrogens (tertiary/aromatic N) is 3. The van der Waals surface area contributed by atoms with Crippen molar-refractivity contribution in [2.45, 2.75) is 39.2 Å². The first-order valence-electron chi connectivity index (χ1n) is 8.40. The van der Waals surface area contributed by atoms with E-state index in [1.54, 1.807) is 12.3 Å². The maximum absolute atomic E-state index is 12.6. The molecule has 3 heterocycles. The number of aryl methyl sites for hydroxylation is 2. The number of carbonyl (C=O) groups is 1. The van der Waals surface area contributed by atoms with Crippen LogP contribution in [0, 0.1) is 12.8 Å². The summed E-state index contributed by atoms with van der Waals surface area (Å²) < 4.78 is 5.90. The molecule has 1 aliphatic rings. The topological polar surface area (TPSA) is 92.8 Å². The van der Waals surface area contributed by atoms with Crippen LogP contribution in [0.3, 0.4) is 0 Å². The van der Waals surface area contributed by atoms with Gasteiger partial charge in [-0.25, -0.2) is 0 Å². The van der Waals surface area contributed by atoms with Gasteiger partial charge in [0.25, 0.3) is 5.91 Å². The molecule has 7 nitrogen and oxygen atoms in total. The molecule has 0 aliphatic carbocycles. The number of ether oxygens (including phenoxy) is 1. The van der Waals surface area contributed by atoms with Crippen LogP contribution in [-0.2, 0) is 11.2 Å². The fraction of sp³-hybridized carbons (Fsp3) is 0.529. The predicted octanol–water partition coefficient (Wildman–Crippen LogP) is 1.97. The van der Waals surface area contributed by atoms with E-state index in [0.29, 0.717) is 18.5 Å². The fourth-order valence-corrected chi connectivity index (χ4v) is 3.13. The van der Waals surface area contributed by atoms with E-state index >= 15 is 0 Å². The number of carbonyl (C=O) groups excluding carboxylic acids is 1. The van der Waals surface area contributed by atoms with Crippen molar-refractivity contribution in [1.82, 2.24) is 25.7 Å². The molecule has 2 aromatic heterocycles. The zero-order valence-electron chi connectivity index (χ0n) is 14.1. The minimum atomic E-state index is -0.0960. The smallest absolute Gasteiger partial charge is 0.253 e. The van der Waals surface area contributed by atoms with Crippen LogP contribution in [0.1, 0.15) is 53.2 Å². The number of H-pyrrole nitrogens is 1. The van der Waals surface area contributed by atoms with Gasteiger partial charge >= 0.3 is 0 Å². The average molecular weight is 329 g/mol. The Hall–Kier alpha value is -2.28. The Labute approximate surface area is 141 Å². The van der Waals surface area contributed by atoms with Gasteiger partial charge in [-0.15, -0.1) is 0 Å². The second kappa shape index (κ2) is 7.53. The summed E-state index contributed by atoms with van der Waals surface area (Å²) >= 11 is 0. The van der Waals surface area contributed by atoms with E-state index < -0.39 is 0 Å². The van der Waals surface area contributed by atoms with E-state index in [2.05, 4.69) is 25.7 Å². The van der Waals surface area contributed by atoms with E-state index in [1.165, 1.54) is 0 Å². The van der Waals surface area contributed by atoms with Crippen LogP contribution in [0.25, 0.3) is 0 Å². The Morgan fingerprint density at radius 1 is 1.46 bits per heavy atom. The molecular weight excluding hydrogens is 306 g/mol. The van der Waals surface area contributed by atoms with Crippen molar-refractivity contribution in [2.24, 2.45) is 5.92 Å². The number of amides is 1. The first-order valence-corrected chi connectivity index (χ1v) is 8.40. The maximum atomic E-state index is 12.6. The van der Waals surface area contributed by atoms with Crippen LogP contribution < -0.4 is 5.32 Å². The lowest BCUT2D eigenvalue weighted by molar-refractivity contribution is -0.0272. The van der Waals surface area contributed by atoms with Gasteiger partial charge in [0.15, 0.2) is 0 Å². The van der Waals surface area contributed by atoms with Gasteiger partial charge in [0.1, 0.15) is 0 Å². The van der Waals surface area contributed by atoms with Crippen molar-refractivity contribution < 1.29 is 9.53 Å². The quantitative estimate of drug-likeness (QED) is 0.875. The average Bonchev–Trinajstić information content (AvgIpc) is 3.14. The standard InChI is InChI=1S/C17H23N5O2/c1-3-15-14(7-11(2)21-22-15)17(23)18-8-12-5-4-6-24-16(12)13-9-19-20-10-13/h7,9-10,12,16H,3-6,8H2,1-2H3,(H,18,23)(H,19,20)/t12-,16+/m0/s1. The summed E-state index contributed by atoms with van der Waals surface area (Å²) in [6.07, 6.45) is 6.32. The monoisotopic (exact) mass is 329 g/mol. The lowest BCUT2D eigenvalue weighted by atomic mass is 9.90. The summed E-state index contributed by atoms with van der Waals surface area (Å²) in [6, 6.07) is 1.80. The van der Waals surface area contributed by atoms with Crippen molar-refractivity contribution in [2.75, 3.05) is 13.2 Å². The molecule has 7 heteroatoms. The first kappa shape index (κ1) is 16.6. The highest BCUT2D eigenvalue weighted by Gasteiger charge is 2.28. The molecule has 2 aromatic rings. The Bertz CT molecular complexity index is 686. The second-order valence-electron chi connectivity index (χ2n) is 6.14. The first-order chi connectivity index (χ1) is 11.7. The molecule has 1 fully saturated rings. The van der Waals surface area contributed by atoms with Crippen LogP contribution in [0.5, 0.6) is 0 Å². The number of aromatic amines is 1. The number of hydrogen-bond acceptors (Lipinski definition) is 5. The molecule has 2 atom stereocenters. The Morgan fingerprint density at radius 3 is 3.08 bits per heavy atom. The summed E-state index contributed by atoms with van der Waals surface area (Å²) in [5, 5.41) is 18.0. The minimum Gasteiger partial charge on any atom is -0.373 e. The molecular formula is C17H23N5O2. The van der Waals surface area contributed by atoms with Crippen LogP contribution in [0.15, 0.2) is 18.5 Å². The lowest BCUT2D eigenvalue weighted by Gasteiger charge is -2.31. The largest absolute Gasteiger partial charge is 0.373 e. The van der Waals surface area contributed by atoms with Gasteiger partial charge in [-0.3, -0.25) is 9.89 Å². The molecule has 0 radical (unpaired) electrons. The van der Waals surface area contributed by atoms with Gasteiger partial charge < -0.3 is 10.1 Å². The molecule has 128 valence electrons. The van der Waals surface area contributed by atoms with Gasteiger partial charge in [-0.05, 0) is 32.3 Å². The zero-order chi connectivity index (χ0) is 16.9. The molecule has 0 spiro atoms. The van der Waals surface area contributed by atoms with Gasteiger partial charge in [0.05, 0.1) is 29.3 Å².